The number of ether oxygens (including phenoxy) is 2. The van der Waals surface area contributed by atoms with Crippen LogP contribution in [-0.4, -0.2) is 59.7 Å². The van der Waals surface area contributed by atoms with Crippen molar-refractivity contribution in [2.75, 3.05) is 45.3 Å². The summed E-state index contributed by atoms with van der Waals surface area (Å²) >= 11 is 0. The lowest BCUT2D eigenvalue weighted by Gasteiger charge is -2.36. The van der Waals surface area contributed by atoms with Gasteiger partial charge in [0, 0.05) is 32.2 Å². The van der Waals surface area contributed by atoms with Crippen LogP contribution in [0.3, 0.4) is 0 Å². The number of rotatable bonds is 5. The molecule has 0 spiro atoms. The number of nitrogens with two attached hydrogens (primary N) is 1. The summed E-state index contributed by atoms with van der Waals surface area (Å²) in [5, 5.41) is 0. The lowest BCUT2D eigenvalue weighted by Crippen LogP contribution is -2.51. The summed E-state index contributed by atoms with van der Waals surface area (Å²) in [5.41, 5.74) is 6.48. The summed E-state index contributed by atoms with van der Waals surface area (Å²) in [6.45, 7) is 1.83. The van der Waals surface area contributed by atoms with Crippen LogP contribution >= 0.6 is 0 Å². The first-order valence-electron chi connectivity index (χ1n) is 8.92. The van der Waals surface area contributed by atoms with Gasteiger partial charge in [-0.05, 0) is 24.3 Å². The molecule has 1 fully saturated rings. The van der Waals surface area contributed by atoms with E-state index in [2.05, 4.69) is 4.40 Å². The first kappa shape index (κ1) is 20.7. The fourth-order valence-corrected chi connectivity index (χ4v) is 4.06. The molecule has 0 unspecified atom stereocenters. The number of methoxy groups -OCH3 is 2. The fraction of sp³-hybridized carbons (Fsp3) is 0.316. The number of para-hydroxylation sites is 1. The highest BCUT2D eigenvalue weighted by Gasteiger charge is 2.23. The number of hydrogen-bond donors (Lipinski definition) is 1. The molecule has 0 aromatic heterocycles. The van der Waals surface area contributed by atoms with Crippen LogP contribution in [0.1, 0.15) is 0 Å². The molecular formula is C19H23FN4O4S. The van der Waals surface area contributed by atoms with Gasteiger partial charge in [-0.25, -0.2) is 4.39 Å². The third-order valence-electron chi connectivity index (χ3n) is 4.66. The van der Waals surface area contributed by atoms with Gasteiger partial charge in [-0.3, -0.25) is 0 Å². The van der Waals surface area contributed by atoms with E-state index in [-0.39, 0.29) is 22.4 Å². The van der Waals surface area contributed by atoms with Crippen LogP contribution in [0.4, 0.5) is 10.1 Å². The molecule has 0 amide bonds. The molecule has 0 radical (unpaired) electrons. The van der Waals surface area contributed by atoms with Gasteiger partial charge in [0.05, 0.1) is 24.8 Å². The van der Waals surface area contributed by atoms with Gasteiger partial charge in [0.15, 0.2) is 11.5 Å². The Bertz CT molecular complexity index is 1010. The molecule has 10 heteroatoms. The van der Waals surface area contributed by atoms with Crippen LogP contribution in [-0.2, 0) is 10.0 Å². The van der Waals surface area contributed by atoms with Crippen molar-refractivity contribution in [3.63, 3.8) is 0 Å². The second kappa shape index (κ2) is 8.56. The standard InChI is InChI=1S/C19H23FN4O4S/c1-27-17-8-7-14(13-18(17)28-2)29(25,26)22-19(21)24-11-9-23(10-12-24)16-6-4-3-5-15(16)20/h3-8,13H,9-12H2,1-2H3,(H2,21,22). The van der Waals surface area contributed by atoms with E-state index in [4.69, 9.17) is 15.2 Å². The van der Waals surface area contributed by atoms with E-state index in [9.17, 15) is 12.8 Å². The number of hydrogen-bond acceptors (Lipinski definition) is 5. The molecule has 0 bridgehead atoms. The van der Waals surface area contributed by atoms with Crippen LogP contribution in [0.15, 0.2) is 51.8 Å². The van der Waals surface area contributed by atoms with E-state index in [1.54, 1.807) is 23.1 Å². The third kappa shape index (κ3) is 4.53. The Kier molecular flexibility index (Phi) is 6.12. The highest BCUT2D eigenvalue weighted by molar-refractivity contribution is 7.90. The minimum atomic E-state index is -4.03. The van der Waals surface area contributed by atoms with Gasteiger partial charge in [0.1, 0.15) is 5.82 Å². The van der Waals surface area contributed by atoms with Crippen LogP contribution < -0.4 is 20.1 Å². The zero-order valence-corrected chi connectivity index (χ0v) is 17.0. The SMILES string of the molecule is COc1ccc(S(=O)(=O)/N=C(/N)N2CCN(c3ccccc3F)CC2)cc1OC. The average molecular weight is 422 g/mol. The Morgan fingerprint density at radius 2 is 1.69 bits per heavy atom. The number of piperazine rings is 1. The minimum Gasteiger partial charge on any atom is -0.493 e. The van der Waals surface area contributed by atoms with Gasteiger partial charge in [-0.15, -0.1) is 4.40 Å². The first-order chi connectivity index (χ1) is 13.9. The zero-order valence-electron chi connectivity index (χ0n) is 16.2. The van der Waals surface area contributed by atoms with Gasteiger partial charge < -0.3 is 25.0 Å². The second-order valence-corrected chi connectivity index (χ2v) is 7.97. The summed E-state index contributed by atoms with van der Waals surface area (Å²) in [7, 11) is -1.15. The van der Waals surface area contributed by atoms with E-state index < -0.39 is 10.0 Å². The Morgan fingerprint density at radius 1 is 1.03 bits per heavy atom. The summed E-state index contributed by atoms with van der Waals surface area (Å²) in [6, 6.07) is 10.7. The maximum absolute atomic E-state index is 14.0. The van der Waals surface area contributed by atoms with Crippen molar-refractivity contribution in [2.45, 2.75) is 4.90 Å². The van der Waals surface area contributed by atoms with Crippen molar-refractivity contribution >= 4 is 21.7 Å². The lowest BCUT2D eigenvalue weighted by molar-refractivity contribution is 0.354. The van der Waals surface area contributed by atoms with Crippen molar-refractivity contribution in [2.24, 2.45) is 10.1 Å². The number of anilines is 1. The minimum absolute atomic E-state index is 0.0527. The van der Waals surface area contributed by atoms with Gasteiger partial charge in [0.2, 0.25) is 5.96 Å². The largest absolute Gasteiger partial charge is 0.493 e. The van der Waals surface area contributed by atoms with E-state index in [0.29, 0.717) is 37.6 Å². The van der Waals surface area contributed by atoms with Crippen molar-refractivity contribution in [3.8, 4) is 11.5 Å². The quantitative estimate of drug-likeness (QED) is 0.578. The predicted octanol–water partition coefficient (Wildman–Crippen LogP) is 1.67. The highest BCUT2D eigenvalue weighted by Crippen LogP contribution is 2.30. The number of sulfonamides is 1. The summed E-state index contributed by atoms with van der Waals surface area (Å²) in [4.78, 5) is 3.50. The van der Waals surface area contributed by atoms with Crippen molar-refractivity contribution < 1.29 is 22.3 Å². The number of benzene rings is 2. The third-order valence-corrected chi connectivity index (χ3v) is 5.94. The van der Waals surface area contributed by atoms with Crippen LogP contribution in [0, 0.1) is 5.82 Å². The monoisotopic (exact) mass is 422 g/mol. The Balaban J connectivity index is 1.73. The van der Waals surface area contributed by atoms with Gasteiger partial charge in [0.25, 0.3) is 10.0 Å². The highest BCUT2D eigenvalue weighted by atomic mass is 32.2. The lowest BCUT2D eigenvalue weighted by atomic mass is 10.2. The number of halogens is 1. The van der Waals surface area contributed by atoms with Crippen molar-refractivity contribution in [1.29, 1.82) is 0 Å². The van der Waals surface area contributed by atoms with Crippen LogP contribution in [0.2, 0.25) is 0 Å². The number of nitrogens with zero attached hydrogens (tertiary/aromatic N) is 3. The average Bonchev–Trinajstić information content (AvgIpc) is 2.73. The molecule has 0 saturated carbocycles. The molecule has 1 aliphatic heterocycles. The fourth-order valence-electron chi connectivity index (χ4n) is 3.10. The molecule has 0 atom stereocenters. The molecule has 1 aliphatic rings. The van der Waals surface area contributed by atoms with E-state index in [1.165, 1.54) is 38.5 Å². The Labute approximate surface area is 169 Å². The molecule has 2 aromatic carbocycles. The molecular weight excluding hydrogens is 399 g/mol. The smallest absolute Gasteiger partial charge is 0.285 e. The van der Waals surface area contributed by atoms with E-state index in [0.717, 1.165) is 0 Å². The second-order valence-electron chi connectivity index (χ2n) is 6.37. The van der Waals surface area contributed by atoms with E-state index in [1.807, 2.05) is 4.90 Å². The summed E-state index contributed by atoms with van der Waals surface area (Å²) in [6.07, 6.45) is 0. The molecule has 2 N–H and O–H groups in total. The molecule has 29 heavy (non-hydrogen) atoms. The van der Waals surface area contributed by atoms with E-state index >= 15 is 0 Å². The van der Waals surface area contributed by atoms with Crippen molar-refractivity contribution in [3.05, 3.63) is 48.3 Å². The maximum Gasteiger partial charge on any atom is 0.285 e. The van der Waals surface area contributed by atoms with Gasteiger partial charge in [-0.1, -0.05) is 12.1 Å². The molecule has 1 saturated heterocycles. The molecule has 1 heterocycles. The van der Waals surface area contributed by atoms with Crippen LogP contribution in [0.5, 0.6) is 11.5 Å². The van der Waals surface area contributed by atoms with Crippen LogP contribution in [0.25, 0.3) is 0 Å². The summed E-state index contributed by atoms with van der Waals surface area (Å²) < 4.78 is 53.2. The zero-order chi connectivity index (χ0) is 21.0. The molecule has 0 aliphatic carbocycles. The van der Waals surface area contributed by atoms with Gasteiger partial charge >= 0.3 is 0 Å². The number of guanidine groups is 1. The molecule has 3 rings (SSSR count). The van der Waals surface area contributed by atoms with Gasteiger partial charge in [-0.2, -0.15) is 8.42 Å². The molecule has 8 nitrogen and oxygen atoms in total. The topological polar surface area (TPSA) is 97.5 Å². The summed E-state index contributed by atoms with van der Waals surface area (Å²) in [5.74, 6) is 0.292. The molecule has 156 valence electrons. The Morgan fingerprint density at radius 3 is 2.31 bits per heavy atom. The molecule has 2 aromatic rings. The Hall–Kier alpha value is -3.01. The predicted molar refractivity (Wildman–Crippen MR) is 109 cm³/mol. The van der Waals surface area contributed by atoms with Crippen molar-refractivity contribution in [1.82, 2.24) is 4.90 Å². The first-order valence-corrected chi connectivity index (χ1v) is 10.4. The maximum atomic E-state index is 14.0. The normalized spacial score (nSPS) is 15.3.